The largest absolute Gasteiger partial charge is 0.501 e. The van der Waals surface area contributed by atoms with Gasteiger partial charge in [-0.05, 0) is 95.6 Å². The number of rotatable bonds is 8. The van der Waals surface area contributed by atoms with Crippen LogP contribution >= 0.6 is 0 Å². The van der Waals surface area contributed by atoms with Gasteiger partial charge in [0.15, 0.2) is 0 Å². The van der Waals surface area contributed by atoms with Crippen LogP contribution in [0.3, 0.4) is 0 Å². The van der Waals surface area contributed by atoms with Crippen molar-refractivity contribution in [2.45, 2.75) is 92.8 Å². The molecule has 0 atom stereocenters. The Kier molecular flexibility index (Phi) is 11.6. The van der Waals surface area contributed by atoms with Gasteiger partial charge in [0.1, 0.15) is 5.58 Å². The van der Waals surface area contributed by atoms with Gasteiger partial charge in [0.05, 0.1) is 39.3 Å². The molecule has 3 aromatic heterocycles. The smallest absolute Gasteiger partial charge is 0.121 e. The minimum Gasteiger partial charge on any atom is -0.501 e. The molecule has 0 amide bonds. The van der Waals surface area contributed by atoms with Crippen LogP contribution in [0.15, 0.2) is 138 Å². The molecule has 0 N–H and O–H groups in total. The molecule has 0 fully saturated rings. The Bertz CT molecular complexity index is 3340. The predicted octanol–water partition coefficient (Wildman–Crippen LogP) is 16.0. The summed E-state index contributed by atoms with van der Waals surface area (Å²) < 4.78 is 34.5. The second kappa shape index (κ2) is 18.2. The van der Waals surface area contributed by atoms with Gasteiger partial charge in [-0.1, -0.05) is 139 Å². The number of imidazole rings is 2. The molecule has 325 valence electrons. The van der Waals surface area contributed by atoms with Gasteiger partial charge in [0, 0.05) is 41.0 Å². The van der Waals surface area contributed by atoms with Crippen molar-refractivity contribution >= 4 is 44.0 Å². The molecule has 10 aromatic rings. The molecule has 0 spiro atoms. The number of hydrogen-bond acceptors (Lipinski definition) is 3. The Morgan fingerprint density at radius 1 is 0.531 bits per heavy atom. The standard InChI is InChI=1S/C33H31N2O.C25H25N2.Ir/c1-19(2)26-16-22(6)17-27(20(3)4)31(26)35-29-13-8-7-12-28(29)34-33(35)25-11-9-10-24-23-15-14-21(5)18-30(23)36-32(24)25;1-17(2)20-13-10-14-21(18(3)4)24(20)27-23-16-9-8-15-22(23)26-25(27)19-11-6-5-7-12-19;/h7-10,12-20H,1-6H3;5-11,13-18H,1-4H3;/q2*-1;/i5D3;;. The molecule has 0 aliphatic rings. The third-order valence-electron chi connectivity index (χ3n) is 12.1. The molecule has 0 unspecified atom stereocenters. The molecule has 0 aliphatic carbocycles. The first-order valence-corrected chi connectivity index (χ1v) is 22.2. The van der Waals surface area contributed by atoms with E-state index in [1.54, 1.807) is 12.1 Å². The molecule has 0 bridgehead atoms. The van der Waals surface area contributed by atoms with Gasteiger partial charge in [-0.15, -0.1) is 54.1 Å². The molecule has 0 saturated carbocycles. The summed E-state index contributed by atoms with van der Waals surface area (Å²) in [7, 11) is 0. The minimum absolute atomic E-state index is 0. The summed E-state index contributed by atoms with van der Waals surface area (Å²) >= 11 is 0. The van der Waals surface area contributed by atoms with Crippen LogP contribution in [-0.2, 0) is 20.1 Å². The van der Waals surface area contributed by atoms with E-state index in [1.807, 2.05) is 54.6 Å². The summed E-state index contributed by atoms with van der Waals surface area (Å²) in [5.41, 5.74) is 16.2. The Balaban J connectivity index is 0.000000191. The van der Waals surface area contributed by atoms with Gasteiger partial charge >= 0.3 is 0 Å². The summed E-state index contributed by atoms with van der Waals surface area (Å²) in [5.74, 6) is 3.16. The zero-order chi connectivity index (χ0) is 46.6. The van der Waals surface area contributed by atoms with Gasteiger partial charge in [-0.3, -0.25) is 9.97 Å². The van der Waals surface area contributed by atoms with E-state index in [1.165, 1.54) is 33.5 Å². The van der Waals surface area contributed by atoms with Crippen molar-refractivity contribution in [2.75, 3.05) is 0 Å². The normalized spacial score (nSPS) is 12.6. The zero-order valence-electron chi connectivity index (χ0n) is 41.0. The Morgan fingerprint density at radius 2 is 1.09 bits per heavy atom. The predicted molar refractivity (Wildman–Crippen MR) is 264 cm³/mol. The molecular weight excluding hydrogens is 961 g/mol. The molecule has 1 radical (unpaired) electrons. The fourth-order valence-corrected chi connectivity index (χ4v) is 9.04. The quantitative estimate of drug-likeness (QED) is 0.143. The molecule has 10 rings (SSSR count). The monoisotopic (exact) mass is 1020 g/mol. The van der Waals surface area contributed by atoms with Crippen LogP contribution in [0, 0.1) is 25.9 Å². The van der Waals surface area contributed by atoms with E-state index in [4.69, 9.17) is 18.5 Å². The third-order valence-corrected chi connectivity index (χ3v) is 12.1. The van der Waals surface area contributed by atoms with Crippen LogP contribution in [0.1, 0.15) is 117 Å². The summed E-state index contributed by atoms with van der Waals surface area (Å²) in [6.07, 6.45) is 0. The summed E-state index contributed by atoms with van der Waals surface area (Å²) in [4.78, 5) is 10.1. The van der Waals surface area contributed by atoms with Crippen LogP contribution in [0.2, 0.25) is 0 Å². The van der Waals surface area contributed by atoms with Crippen LogP contribution in [-0.4, -0.2) is 19.1 Å². The number of fused-ring (bicyclic) bond motifs is 5. The van der Waals surface area contributed by atoms with Crippen molar-refractivity contribution in [1.29, 1.82) is 0 Å². The number of benzene rings is 7. The van der Waals surface area contributed by atoms with Crippen molar-refractivity contribution < 1.29 is 28.6 Å². The third kappa shape index (κ3) is 8.03. The van der Waals surface area contributed by atoms with Crippen LogP contribution in [0.25, 0.3) is 78.2 Å². The topological polar surface area (TPSA) is 48.8 Å². The molecule has 64 heavy (non-hydrogen) atoms. The number of hydrogen-bond donors (Lipinski definition) is 0. The first-order valence-electron chi connectivity index (χ1n) is 23.7. The maximum Gasteiger partial charge on any atom is 0.121 e. The first kappa shape index (κ1) is 40.7. The molecule has 3 heterocycles. The Hall–Kier alpha value is -6.07. The number of aryl methyl sites for hydroxylation is 2. The molecule has 6 heteroatoms. The van der Waals surface area contributed by atoms with Crippen molar-refractivity contribution in [3.63, 3.8) is 0 Å². The van der Waals surface area contributed by atoms with E-state index in [0.717, 1.165) is 61.3 Å². The van der Waals surface area contributed by atoms with E-state index in [9.17, 15) is 0 Å². The molecule has 7 aromatic carbocycles. The van der Waals surface area contributed by atoms with Crippen molar-refractivity contribution in [3.05, 3.63) is 179 Å². The average molecular weight is 1020 g/mol. The van der Waals surface area contributed by atoms with Crippen molar-refractivity contribution in [3.8, 4) is 34.2 Å². The van der Waals surface area contributed by atoms with Crippen LogP contribution in [0.4, 0.5) is 0 Å². The van der Waals surface area contributed by atoms with Gasteiger partial charge in [0.25, 0.3) is 0 Å². The van der Waals surface area contributed by atoms with Crippen molar-refractivity contribution in [1.82, 2.24) is 19.1 Å². The van der Waals surface area contributed by atoms with Crippen LogP contribution < -0.4 is 0 Å². The zero-order valence-corrected chi connectivity index (χ0v) is 40.4. The van der Waals surface area contributed by atoms with E-state index >= 15 is 0 Å². The van der Waals surface area contributed by atoms with E-state index < -0.39 is 6.85 Å². The Morgan fingerprint density at radius 3 is 1.67 bits per heavy atom. The summed E-state index contributed by atoms with van der Waals surface area (Å²) in [6.45, 7) is 17.9. The molecule has 5 nitrogen and oxygen atoms in total. The Labute approximate surface area is 395 Å². The number of para-hydroxylation sites is 5. The molecular formula is C58H56IrN4O-2. The summed E-state index contributed by atoms with van der Waals surface area (Å²) in [6, 6.07) is 51.7. The maximum atomic E-state index is 7.84. The van der Waals surface area contributed by atoms with Gasteiger partial charge in [-0.25, -0.2) is 0 Å². The number of nitrogens with zero attached hydrogens (tertiary/aromatic N) is 4. The minimum atomic E-state index is -2.21. The fraction of sp³-hybridized carbons (Fsp3) is 0.241. The molecule has 0 aliphatic heterocycles. The second-order valence-electron chi connectivity index (χ2n) is 17.9. The average Bonchev–Trinajstić information content (AvgIpc) is 4.00. The van der Waals surface area contributed by atoms with Crippen molar-refractivity contribution in [2.24, 2.45) is 0 Å². The van der Waals surface area contributed by atoms with E-state index in [0.29, 0.717) is 34.8 Å². The maximum absolute atomic E-state index is 7.84. The van der Waals surface area contributed by atoms with Crippen LogP contribution in [0.5, 0.6) is 0 Å². The summed E-state index contributed by atoms with van der Waals surface area (Å²) in [5, 5.41) is 1.78. The van der Waals surface area contributed by atoms with Gasteiger partial charge in [-0.2, -0.15) is 0 Å². The first-order chi connectivity index (χ1) is 31.6. The van der Waals surface area contributed by atoms with Gasteiger partial charge < -0.3 is 13.6 Å². The van der Waals surface area contributed by atoms with E-state index in [2.05, 4.69) is 150 Å². The molecule has 0 saturated heterocycles. The van der Waals surface area contributed by atoms with E-state index in [-0.39, 0.29) is 25.7 Å². The van der Waals surface area contributed by atoms with Gasteiger partial charge in [0.2, 0.25) is 0 Å². The second-order valence-corrected chi connectivity index (χ2v) is 17.9. The fourth-order valence-electron chi connectivity index (χ4n) is 9.04. The SMILES string of the molecule is CC(C)c1cccc(C(C)C)c1-n1c(-c2[c-]cccc2)nc2ccccc21.[2H]C([2H])([2H])c1ccc2c(c1)oc1c(-c3nc4ccccc4n3-c3c(C(C)C)cc(C)cc3C(C)C)[c-]ccc12.[Ir]. The number of aromatic nitrogens is 4. The number of furan rings is 1.